The first kappa shape index (κ1) is 14.7. The highest BCUT2D eigenvalue weighted by molar-refractivity contribution is 6.33. The van der Waals surface area contributed by atoms with Crippen LogP contribution in [0.1, 0.15) is 6.42 Å². The third kappa shape index (κ3) is 2.62. The van der Waals surface area contributed by atoms with Crippen molar-refractivity contribution >= 4 is 23.2 Å². The number of piperidine rings is 1. The quantitative estimate of drug-likeness (QED) is 0.901. The lowest BCUT2D eigenvalue weighted by molar-refractivity contribution is -0.118. The number of hydrogen-bond acceptors (Lipinski definition) is 2. The highest BCUT2D eigenvalue weighted by atomic mass is 35.5. The molecule has 5 heteroatoms. The number of hydrogen-bond donors (Lipinski definition) is 2. The highest BCUT2D eigenvalue weighted by Gasteiger charge is 2.50. The van der Waals surface area contributed by atoms with Crippen molar-refractivity contribution in [3.05, 3.63) is 53.3 Å². The molecule has 1 heterocycles. The van der Waals surface area contributed by atoms with Crippen molar-refractivity contribution in [2.75, 3.05) is 11.9 Å². The number of benzene rings is 2. The van der Waals surface area contributed by atoms with E-state index in [9.17, 15) is 9.18 Å². The predicted molar refractivity (Wildman–Crippen MR) is 88.9 cm³/mol. The Morgan fingerprint density at radius 1 is 1.17 bits per heavy atom. The average molecular weight is 331 g/mol. The number of carbonyl (C=O) groups is 1. The molecule has 1 aliphatic heterocycles. The molecule has 0 bridgehead atoms. The van der Waals surface area contributed by atoms with Crippen LogP contribution in [0.25, 0.3) is 11.1 Å². The van der Waals surface area contributed by atoms with Gasteiger partial charge in [0.05, 0.1) is 11.7 Å². The minimum Gasteiger partial charge on any atom is -0.322 e. The maximum atomic E-state index is 14.8. The van der Waals surface area contributed by atoms with Crippen molar-refractivity contribution in [2.45, 2.75) is 12.5 Å². The van der Waals surface area contributed by atoms with Crippen LogP contribution in [0.15, 0.2) is 42.5 Å². The van der Waals surface area contributed by atoms with Crippen LogP contribution in [0.2, 0.25) is 5.02 Å². The summed E-state index contributed by atoms with van der Waals surface area (Å²) >= 11 is 6.15. The van der Waals surface area contributed by atoms with Gasteiger partial charge < -0.3 is 10.6 Å². The highest BCUT2D eigenvalue weighted by Crippen LogP contribution is 2.45. The summed E-state index contributed by atoms with van der Waals surface area (Å²) in [5, 5.41) is 6.39. The van der Waals surface area contributed by atoms with Crippen LogP contribution in [0.4, 0.5) is 10.1 Å². The molecule has 2 aliphatic rings. The zero-order chi connectivity index (χ0) is 16.0. The van der Waals surface area contributed by atoms with Crippen LogP contribution in [-0.4, -0.2) is 18.5 Å². The molecule has 3 atom stereocenters. The van der Waals surface area contributed by atoms with Gasteiger partial charge in [-0.05, 0) is 36.9 Å². The molecule has 0 aromatic heterocycles. The van der Waals surface area contributed by atoms with Gasteiger partial charge >= 0.3 is 0 Å². The van der Waals surface area contributed by atoms with Gasteiger partial charge in [-0.25, -0.2) is 4.39 Å². The van der Waals surface area contributed by atoms with E-state index in [0.29, 0.717) is 28.0 Å². The molecule has 118 valence electrons. The van der Waals surface area contributed by atoms with Crippen LogP contribution in [-0.2, 0) is 4.79 Å². The molecule has 0 radical (unpaired) electrons. The third-order valence-corrected chi connectivity index (χ3v) is 5.04. The summed E-state index contributed by atoms with van der Waals surface area (Å²) in [7, 11) is 0. The predicted octanol–water partition coefficient (Wildman–Crippen LogP) is 3.69. The first-order chi connectivity index (χ1) is 11.1. The number of nitrogens with one attached hydrogen (secondary N) is 2. The number of anilines is 1. The molecule has 23 heavy (non-hydrogen) atoms. The minimum atomic E-state index is -0.459. The second kappa shape index (κ2) is 5.62. The van der Waals surface area contributed by atoms with Gasteiger partial charge in [0.25, 0.3) is 0 Å². The standard InChI is InChI=1S/C18H16ClFN2O/c19-14-6-2-1-4-11(14)12-5-3-7-15(16(12)20)22-18(23)17-13-8-10(13)9-21-17/h1-7,10,13,17,21H,8-9H2,(H,22,23)/t10?,13-,17-/m0/s1. The molecule has 1 unspecified atom stereocenters. The van der Waals surface area contributed by atoms with Crippen LogP contribution >= 0.6 is 11.6 Å². The van der Waals surface area contributed by atoms with Crippen LogP contribution in [0.3, 0.4) is 0 Å². The Balaban J connectivity index is 1.61. The van der Waals surface area contributed by atoms with Gasteiger partial charge in [0.2, 0.25) is 5.91 Å². The number of halogens is 2. The summed E-state index contributed by atoms with van der Waals surface area (Å²) in [6, 6.07) is 11.8. The Morgan fingerprint density at radius 3 is 2.65 bits per heavy atom. The molecule has 3 nitrogen and oxygen atoms in total. The van der Waals surface area contributed by atoms with E-state index in [1.54, 1.807) is 36.4 Å². The minimum absolute atomic E-state index is 0.162. The Labute approximate surface area is 138 Å². The molecule has 4 rings (SSSR count). The maximum Gasteiger partial charge on any atom is 0.241 e. The zero-order valence-corrected chi connectivity index (χ0v) is 13.1. The Bertz CT molecular complexity index is 779. The van der Waals surface area contributed by atoms with Crippen molar-refractivity contribution in [1.82, 2.24) is 5.32 Å². The summed E-state index contributed by atoms with van der Waals surface area (Å²) in [4.78, 5) is 12.4. The lowest BCUT2D eigenvalue weighted by atomic mass is 10.0. The van der Waals surface area contributed by atoms with Crippen molar-refractivity contribution < 1.29 is 9.18 Å². The Hall–Kier alpha value is -1.91. The fourth-order valence-electron chi connectivity index (χ4n) is 3.36. The molecule has 2 fully saturated rings. The van der Waals surface area contributed by atoms with E-state index in [1.807, 2.05) is 6.07 Å². The number of rotatable bonds is 3. The summed E-state index contributed by atoms with van der Waals surface area (Å²) < 4.78 is 14.8. The molecular formula is C18H16ClFN2O. The summed E-state index contributed by atoms with van der Waals surface area (Å²) in [5.41, 5.74) is 1.19. The van der Waals surface area contributed by atoms with Crippen molar-refractivity contribution in [3.63, 3.8) is 0 Å². The first-order valence-electron chi connectivity index (χ1n) is 7.73. The lowest BCUT2D eigenvalue weighted by Gasteiger charge is -2.15. The van der Waals surface area contributed by atoms with Crippen molar-refractivity contribution in [2.24, 2.45) is 11.8 Å². The molecular weight excluding hydrogens is 315 g/mol. The smallest absolute Gasteiger partial charge is 0.241 e. The normalized spacial score (nSPS) is 25.0. The third-order valence-electron chi connectivity index (χ3n) is 4.71. The topological polar surface area (TPSA) is 41.1 Å². The van der Waals surface area contributed by atoms with Gasteiger partial charge in [-0.2, -0.15) is 0 Å². The van der Waals surface area contributed by atoms with Crippen molar-refractivity contribution in [1.29, 1.82) is 0 Å². The van der Waals surface area contributed by atoms with Gasteiger partial charge in [0, 0.05) is 16.1 Å². The first-order valence-corrected chi connectivity index (χ1v) is 8.10. The monoisotopic (exact) mass is 330 g/mol. The molecule has 2 aromatic rings. The number of amides is 1. The van der Waals surface area contributed by atoms with Gasteiger partial charge in [-0.3, -0.25) is 4.79 Å². The van der Waals surface area contributed by atoms with E-state index in [4.69, 9.17) is 11.6 Å². The van der Waals surface area contributed by atoms with E-state index in [2.05, 4.69) is 10.6 Å². The van der Waals surface area contributed by atoms with E-state index in [-0.39, 0.29) is 17.6 Å². The van der Waals surface area contributed by atoms with Gasteiger partial charge in [-0.1, -0.05) is 41.9 Å². The maximum absolute atomic E-state index is 14.8. The fourth-order valence-corrected chi connectivity index (χ4v) is 3.60. The molecule has 2 aromatic carbocycles. The molecule has 2 N–H and O–H groups in total. The zero-order valence-electron chi connectivity index (χ0n) is 12.4. The number of fused-ring (bicyclic) bond motifs is 1. The van der Waals surface area contributed by atoms with E-state index in [1.165, 1.54) is 0 Å². The molecule has 1 aliphatic carbocycles. The van der Waals surface area contributed by atoms with Crippen LogP contribution < -0.4 is 10.6 Å². The summed E-state index contributed by atoms with van der Waals surface area (Å²) in [6.45, 7) is 0.880. The van der Waals surface area contributed by atoms with Crippen LogP contribution in [0.5, 0.6) is 0 Å². The largest absolute Gasteiger partial charge is 0.322 e. The SMILES string of the molecule is O=C(Nc1cccc(-c2ccccc2Cl)c1F)[C@H]1NCC2C[C@@H]21. The summed E-state index contributed by atoms with van der Waals surface area (Å²) in [6.07, 6.45) is 1.09. The lowest BCUT2D eigenvalue weighted by Crippen LogP contribution is -2.39. The summed E-state index contributed by atoms with van der Waals surface area (Å²) in [5.74, 6) is 0.402. The molecule has 1 saturated heterocycles. The second-order valence-electron chi connectivity index (χ2n) is 6.18. The van der Waals surface area contributed by atoms with Gasteiger partial charge in [0.15, 0.2) is 5.82 Å². The van der Waals surface area contributed by atoms with Crippen molar-refractivity contribution in [3.8, 4) is 11.1 Å². The molecule has 0 spiro atoms. The van der Waals surface area contributed by atoms with E-state index >= 15 is 0 Å². The van der Waals surface area contributed by atoms with E-state index < -0.39 is 5.82 Å². The fraction of sp³-hybridized carbons (Fsp3) is 0.278. The van der Waals surface area contributed by atoms with Crippen LogP contribution in [0, 0.1) is 17.7 Å². The van der Waals surface area contributed by atoms with Gasteiger partial charge in [-0.15, -0.1) is 0 Å². The Morgan fingerprint density at radius 2 is 1.96 bits per heavy atom. The second-order valence-corrected chi connectivity index (χ2v) is 6.59. The molecule has 1 saturated carbocycles. The van der Waals surface area contributed by atoms with Gasteiger partial charge in [0.1, 0.15) is 0 Å². The van der Waals surface area contributed by atoms with E-state index in [0.717, 1.165) is 13.0 Å². The number of carbonyl (C=O) groups excluding carboxylic acids is 1. The Kier molecular flexibility index (Phi) is 3.58. The molecule has 1 amide bonds. The average Bonchev–Trinajstić information content (AvgIpc) is 3.20.